The van der Waals surface area contributed by atoms with E-state index < -0.39 is 0 Å². The lowest BCUT2D eigenvalue weighted by molar-refractivity contribution is -0.126. The van der Waals surface area contributed by atoms with Crippen LogP contribution in [-0.4, -0.2) is 58.1 Å². The minimum Gasteiger partial charge on any atom is -0.355 e. The number of amides is 2. The van der Waals surface area contributed by atoms with Crippen LogP contribution in [0.1, 0.15) is 28.9 Å². The first-order valence-corrected chi connectivity index (χ1v) is 8.18. The molecule has 1 saturated heterocycles. The van der Waals surface area contributed by atoms with Crippen molar-refractivity contribution in [3.63, 3.8) is 0 Å². The van der Waals surface area contributed by atoms with Gasteiger partial charge in [-0.15, -0.1) is 0 Å². The van der Waals surface area contributed by atoms with Gasteiger partial charge in [0.25, 0.3) is 5.91 Å². The molecule has 0 bridgehead atoms. The Balaban J connectivity index is 1.73. The topological polar surface area (TPSA) is 117 Å². The molecule has 0 aliphatic carbocycles. The highest BCUT2D eigenvalue weighted by Gasteiger charge is 2.29. The normalized spacial score (nSPS) is 17.9. The summed E-state index contributed by atoms with van der Waals surface area (Å²) < 4.78 is 0. The fourth-order valence-electron chi connectivity index (χ4n) is 3.03. The van der Waals surface area contributed by atoms with Crippen LogP contribution in [0.5, 0.6) is 0 Å². The average Bonchev–Trinajstić information content (AvgIpc) is 2.99. The Morgan fingerprint density at radius 3 is 3.12 bits per heavy atom. The predicted octanol–water partition coefficient (Wildman–Crippen LogP) is 0.193. The lowest BCUT2D eigenvalue weighted by Crippen LogP contribution is -2.46. The molecule has 1 aliphatic heterocycles. The highest BCUT2D eigenvalue weighted by atomic mass is 16.2. The molecular formula is C16H22N6O2. The Labute approximate surface area is 139 Å². The summed E-state index contributed by atoms with van der Waals surface area (Å²) in [4.78, 5) is 30.8. The monoisotopic (exact) mass is 330 g/mol. The molecule has 1 aliphatic rings. The van der Waals surface area contributed by atoms with Crippen molar-refractivity contribution in [1.82, 2.24) is 25.4 Å². The molecule has 3 heterocycles. The van der Waals surface area contributed by atoms with Crippen molar-refractivity contribution in [2.75, 3.05) is 26.2 Å². The van der Waals surface area contributed by atoms with E-state index in [4.69, 9.17) is 5.73 Å². The van der Waals surface area contributed by atoms with E-state index in [9.17, 15) is 9.59 Å². The summed E-state index contributed by atoms with van der Waals surface area (Å²) in [6, 6.07) is 1.81. The Bertz CT molecular complexity index is 756. The summed E-state index contributed by atoms with van der Waals surface area (Å²) in [5, 5.41) is 10.6. The second-order valence-corrected chi connectivity index (χ2v) is 6.11. The number of rotatable bonds is 4. The lowest BCUT2D eigenvalue weighted by atomic mass is 9.96. The van der Waals surface area contributed by atoms with Crippen LogP contribution in [0.25, 0.3) is 11.0 Å². The molecule has 0 spiro atoms. The maximum absolute atomic E-state index is 12.8. The number of carbonyl (C=O) groups excluding carboxylic acids is 2. The number of carbonyl (C=O) groups is 2. The Hall–Kier alpha value is -2.48. The van der Waals surface area contributed by atoms with Crippen molar-refractivity contribution in [1.29, 1.82) is 0 Å². The highest BCUT2D eigenvalue weighted by Crippen LogP contribution is 2.20. The first-order valence-electron chi connectivity index (χ1n) is 8.18. The standard InChI is InChI=1S/C16H22N6O2/c1-10-13-7-12(8-19-14(13)21-20-10)16(24)22-6-2-3-11(9-22)15(23)18-5-4-17/h7-8,11H,2-6,9,17H2,1H3,(H,18,23)(H,19,20,21). The Morgan fingerprint density at radius 1 is 1.50 bits per heavy atom. The summed E-state index contributed by atoms with van der Waals surface area (Å²) in [6.45, 7) is 3.85. The van der Waals surface area contributed by atoms with E-state index in [1.807, 2.05) is 13.0 Å². The molecule has 0 aromatic carbocycles. The molecule has 128 valence electrons. The summed E-state index contributed by atoms with van der Waals surface area (Å²) in [7, 11) is 0. The van der Waals surface area contributed by atoms with E-state index >= 15 is 0 Å². The molecule has 3 rings (SSSR count). The highest BCUT2D eigenvalue weighted by molar-refractivity contribution is 5.97. The summed E-state index contributed by atoms with van der Waals surface area (Å²) in [5.74, 6) is -0.305. The lowest BCUT2D eigenvalue weighted by Gasteiger charge is -2.32. The third-order valence-electron chi connectivity index (χ3n) is 4.37. The molecule has 2 amide bonds. The van der Waals surface area contributed by atoms with Crippen LogP contribution >= 0.6 is 0 Å². The maximum atomic E-state index is 12.8. The van der Waals surface area contributed by atoms with Crippen molar-refractivity contribution < 1.29 is 9.59 Å². The van der Waals surface area contributed by atoms with Crippen molar-refractivity contribution in [3.8, 4) is 0 Å². The number of fused-ring (bicyclic) bond motifs is 1. The van der Waals surface area contributed by atoms with Gasteiger partial charge in [0.15, 0.2) is 5.65 Å². The molecule has 0 saturated carbocycles. The number of likely N-dealkylation sites (tertiary alicyclic amines) is 1. The summed E-state index contributed by atoms with van der Waals surface area (Å²) in [5.41, 5.74) is 7.41. The minimum absolute atomic E-state index is 0.0304. The molecule has 8 nitrogen and oxygen atoms in total. The van der Waals surface area contributed by atoms with Crippen LogP contribution in [0.4, 0.5) is 0 Å². The number of aromatic amines is 1. The number of pyridine rings is 1. The van der Waals surface area contributed by atoms with E-state index in [0.29, 0.717) is 37.4 Å². The first-order chi connectivity index (χ1) is 11.6. The van der Waals surface area contributed by atoms with Gasteiger partial charge in [0, 0.05) is 43.5 Å². The molecule has 4 N–H and O–H groups in total. The zero-order valence-electron chi connectivity index (χ0n) is 13.7. The number of H-pyrrole nitrogens is 1. The molecule has 2 aromatic heterocycles. The van der Waals surface area contributed by atoms with Crippen LogP contribution in [0.2, 0.25) is 0 Å². The van der Waals surface area contributed by atoms with Gasteiger partial charge in [-0.3, -0.25) is 14.7 Å². The van der Waals surface area contributed by atoms with Gasteiger partial charge in [0.05, 0.1) is 11.5 Å². The predicted molar refractivity (Wildman–Crippen MR) is 89.3 cm³/mol. The van der Waals surface area contributed by atoms with Crippen LogP contribution in [0.3, 0.4) is 0 Å². The minimum atomic E-state index is -0.179. The van der Waals surface area contributed by atoms with Crippen LogP contribution < -0.4 is 11.1 Å². The van der Waals surface area contributed by atoms with Gasteiger partial charge in [-0.1, -0.05) is 0 Å². The number of piperidine rings is 1. The van der Waals surface area contributed by atoms with Gasteiger partial charge in [0.1, 0.15) is 0 Å². The zero-order chi connectivity index (χ0) is 17.1. The third-order valence-corrected chi connectivity index (χ3v) is 4.37. The zero-order valence-corrected chi connectivity index (χ0v) is 13.7. The van der Waals surface area contributed by atoms with Crippen molar-refractivity contribution in [2.45, 2.75) is 19.8 Å². The van der Waals surface area contributed by atoms with E-state index in [1.54, 1.807) is 11.1 Å². The van der Waals surface area contributed by atoms with Gasteiger partial charge >= 0.3 is 0 Å². The van der Waals surface area contributed by atoms with Crippen molar-refractivity contribution >= 4 is 22.8 Å². The Morgan fingerprint density at radius 2 is 2.33 bits per heavy atom. The van der Waals surface area contributed by atoms with E-state index in [0.717, 1.165) is 23.9 Å². The number of aromatic nitrogens is 3. The smallest absolute Gasteiger partial charge is 0.255 e. The van der Waals surface area contributed by atoms with Gasteiger partial charge in [-0.25, -0.2) is 4.98 Å². The number of hydrogen-bond acceptors (Lipinski definition) is 5. The largest absolute Gasteiger partial charge is 0.355 e. The van der Waals surface area contributed by atoms with Crippen LogP contribution in [0.15, 0.2) is 12.3 Å². The van der Waals surface area contributed by atoms with E-state index in [-0.39, 0.29) is 17.7 Å². The fourth-order valence-corrected chi connectivity index (χ4v) is 3.03. The van der Waals surface area contributed by atoms with Gasteiger partial charge < -0.3 is 16.0 Å². The van der Waals surface area contributed by atoms with Gasteiger partial charge in [-0.05, 0) is 25.8 Å². The van der Waals surface area contributed by atoms with Gasteiger partial charge in [0.2, 0.25) is 5.91 Å². The first kappa shape index (κ1) is 16.4. The van der Waals surface area contributed by atoms with Crippen molar-refractivity contribution in [3.05, 3.63) is 23.5 Å². The molecule has 1 fully saturated rings. The number of nitrogens with two attached hydrogens (primary N) is 1. The van der Waals surface area contributed by atoms with Crippen LogP contribution in [-0.2, 0) is 4.79 Å². The second kappa shape index (κ2) is 6.96. The molecule has 0 radical (unpaired) electrons. The number of aryl methyl sites for hydroxylation is 1. The van der Waals surface area contributed by atoms with Gasteiger partial charge in [-0.2, -0.15) is 5.10 Å². The van der Waals surface area contributed by atoms with E-state index in [2.05, 4.69) is 20.5 Å². The fraction of sp³-hybridized carbons (Fsp3) is 0.500. The molecular weight excluding hydrogens is 308 g/mol. The molecule has 24 heavy (non-hydrogen) atoms. The summed E-state index contributed by atoms with van der Waals surface area (Å²) >= 11 is 0. The summed E-state index contributed by atoms with van der Waals surface area (Å²) in [6.07, 6.45) is 3.15. The average molecular weight is 330 g/mol. The molecule has 1 unspecified atom stereocenters. The van der Waals surface area contributed by atoms with Crippen LogP contribution in [0, 0.1) is 12.8 Å². The molecule has 8 heteroatoms. The van der Waals surface area contributed by atoms with Crippen molar-refractivity contribution in [2.24, 2.45) is 11.7 Å². The quantitative estimate of drug-likeness (QED) is 0.740. The number of nitrogens with zero attached hydrogens (tertiary/aromatic N) is 3. The van der Waals surface area contributed by atoms with E-state index in [1.165, 1.54) is 0 Å². The SMILES string of the molecule is Cc1[nH]nc2ncc(C(=O)N3CCCC(C(=O)NCCN)C3)cc12. The number of hydrogen-bond donors (Lipinski definition) is 3. The molecule has 2 aromatic rings. The third kappa shape index (κ3) is 3.23. The second-order valence-electron chi connectivity index (χ2n) is 6.11. The Kier molecular flexibility index (Phi) is 4.75. The maximum Gasteiger partial charge on any atom is 0.255 e. The molecule has 1 atom stereocenters. The number of nitrogens with one attached hydrogen (secondary N) is 2.